The molecule has 5 nitrogen and oxygen atoms in total. The SMILES string of the molecule is Nc1cc(-c2ccc(N3CCOCC3)c(Cl)c2)no1. The van der Waals surface area contributed by atoms with E-state index < -0.39 is 0 Å². The molecule has 0 saturated carbocycles. The second-order valence-electron chi connectivity index (χ2n) is 4.38. The van der Waals surface area contributed by atoms with Crippen molar-refractivity contribution < 1.29 is 9.26 Å². The number of anilines is 2. The van der Waals surface area contributed by atoms with Crippen molar-refractivity contribution in [3.05, 3.63) is 29.3 Å². The third kappa shape index (κ3) is 2.52. The standard InChI is InChI=1S/C13H14ClN3O2/c14-10-7-9(11-8-13(15)19-16-11)1-2-12(10)17-3-5-18-6-4-17/h1-2,7-8H,3-6,15H2. The van der Waals surface area contributed by atoms with E-state index in [0.717, 1.165) is 37.6 Å². The molecule has 0 amide bonds. The molecule has 1 aliphatic heterocycles. The van der Waals surface area contributed by atoms with Gasteiger partial charge in [-0.25, -0.2) is 0 Å². The lowest BCUT2D eigenvalue weighted by atomic mass is 10.1. The van der Waals surface area contributed by atoms with Gasteiger partial charge in [0.15, 0.2) is 0 Å². The lowest BCUT2D eigenvalue weighted by Gasteiger charge is -2.29. The number of hydrogen-bond donors (Lipinski definition) is 1. The van der Waals surface area contributed by atoms with Crippen molar-refractivity contribution in [2.45, 2.75) is 0 Å². The maximum atomic E-state index is 6.35. The molecule has 1 aliphatic rings. The summed E-state index contributed by atoms with van der Waals surface area (Å²) in [5.74, 6) is 0.295. The molecule has 1 saturated heterocycles. The van der Waals surface area contributed by atoms with E-state index >= 15 is 0 Å². The topological polar surface area (TPSA) is 64.5 Å². The van der Waals surface area contributed by atoms with Crippen molar-refractivity contribution in [3.63, 3.8) is 0 Å². The summed E-state index contributed by atoms with van der Waals surface area (Å²) in [5, 5.41) is 4.57. The number of ether oxygens (including phenoxy) is 1. The summed E-state index contributed by atoms with van der Waals surface area (Å²) < 4.78 is 10.2. The van der Waals surface area contributed by atoms with Crippen LogP contribution in [0.2, 0.25) is 5.02 Å². The van der Waals surface area contributed by atoms with Gasteiger partial charge in [0, 0.05) is 24.7 Å². The second kappa shape index (κ2) is 5.11. The van der Waals surface area contributed by atoms with Crippen molar-refractivity contribution >= 4 is 23.2 Å². The monoisotopic (exact) mass is 279 g/mol. The van der Waals surface area contributed by atoms with Gasteiger partial charge >= 0.3 is 0 Å². The molecule has 2 aromatic rings. The summed E-state index contributed by atoms with van der Waals surface area (Å²) >= 11 is 6.35. The van der Waals surface area contributed by atoms with Crippen LogP contribution in [0.5, 0.6) is 0 Å². The highest BCUT2D eigenvalue weighted by Crippen LogP contribution is 2.31. The molecule has 0 bridgehead atoms. The molecule has 0 aliphatic carbocycles. The number of nitrogen functional groups attached to an aromatic ring is 1. The Bertz CT molecular complexity index is 579. The van der Waals surface area contributed by atoms with Crippen LogP contribution in [-0.2, 0) is 4.74 Å². The maximum Gasteiger partial charge on any atom is 0.222 e. The first-order valence-corrected chi connectivity index (χ1v) is 6.46. The largest absolute Gasteiger partial charge is 0.378 e. The number of benzene rings is 1. The predicted octanol–water partition coefficient (Wildman–Crippen LogP) is 2.41. The van der Waals surface area contributed by atoms with Crippen molar-refractivity contribution in [1.29, 1.82) is 0 Å². The molecular formula is C13H14ClN3O2. The zero-order valence-electron chi connectivity index (χ0n) is 10.3. The number of hydrogen-bond acceptors (Lipinski definition) is 5. The van der Waals surface area contributed by atoms with E-state index in [1.165, 1.54) is 0 Å². The van der Waals surface area contributed by atoms with E-state index in [9.17, 15) is 0 Å². The zero-order valence-corrected chi connectivity index (χ0v) is 11.1. The van der Waals surface area contributed by atoms with Crippen molar-refractivity contribution in [3.8, 4) is 11.3 Å². The molecule has 0 radical (unpaired) electrons. The molecule has 2 heterocycles. The summed E-state index contributed by atoms with van der Waals surface area (Å²) in [4.78, 5) is 2.22. The van der Waals surface area contributed by atoms with Gasteiger partial charge in [-0.1, -0.05) is 22.8 Å². The summed E-state index contributed by atoms with van der Waals surface area (Å²) in [5.41, 5.74) is 8.11. The Labute approximate surface area is 115 Å². The van der Waals surface area contributed by atoms with Crippen LogP contribution in [0, 0.1) is 0 Å². The van der Waals surface area contributed by atoms with Crippen LogP contribution in [0.1, 0.15) is 0 Å². The molecule has 19 heavy (non-hydrogen) atoms. The Morgan fingerprint density at radius 2 is 2.00 bits per heavy atom. The second-order valence-corrected chi connectivity index (χ2v) is 4.79. The Morgan fingerprint density at radius 3 is 2.63 bits per heavy atom. The summed E-state index contributed by atoms with van der Waals surface area (Å²) in [7, 11) is 0. The molecule has 6 heteroatoms. The molecule has 2 N–H and O–H groups in total. The van der Waals surface area contributed by atoms with Crippen LogP contribution in [0.4, 0.5) is 11.6 Å². The first-order chi connectivity index (χ1) is 9.24. The first-order valence-electron chi connectivity index (χ1n) is 6.09. The fourth-order valence-electron chi connectivity index (χ4n) is 2.15. The van der Waals surface area contributed by atoms with Gasteiger partial charge in [0.25, 0.3) is 0 Å². The van der Waals surface area contributed by atoms with Gasteiger partial charge in [0.1, 0.15) is 5.69 Å². The molecular weight excluding hydrogens is 266 g/mol. The van der Waals surface area contributed by atoms with Gasteiger partial charge in [0.2, 0.25) is 5.88 Å². The molecule has 100 valence electrons. The highest BCUT2D eigenvalue weighted by molar-refractivity contribution is 6.33. The molecule has 1 fully saturated rings. The third-order valence-corrected chi connectivity index (χ3v) is 3.43. The summed E-state index contributed by atoms with van der Waals surface area (Å²) in [6, 6.07) is 7.52. The van der Waals surface area contributed by atoms with Crippen molar-refractivity contribution in [2.75, 3.05) is 36.9 Å². The first kappa shape index (κ1) is 12.3. The van der Waals surface area contributed by atoms with Gasteiger partial charge in [0.05, 0.1) is 23.9 Å². The number of nitrogens with zero attached hydrogens (tertiary/aromatic N) is 2. The molecule has 1 aromatic carbocycles. The van der Waals surface area contributed by atoms with Crippen LogP contribution in [0.3, 0.4) is 0 Å². The van der Waals surface area contributed by atoms with Crippen LogP contribution in [-0.4, -0.2) is 31.5 Å². The van der Waals surface area contributed by atoms with Crippen LogP contribution < -0.4 is 10.6 Å². The smallest absolute Gasteiger partial charge is 0.222 e. The molecule has 0 atom stereocenters. The number of rotatable bonds is 2. The van der Waals surface area contributed by atoms with Gasteiger partial charge in [-0.2, -0.15) is 0 Å². The number of nitrogens with two attached hydrogens (primary N) is 1. The van der Waals surface area contributed by atoms with E-state index in [4.69, 9.17) is 26.6 Å². The quantitative estimate of drug-likeness (QED) is 0.914. The summed E-state index contributed by atoms with van der Waals surface area (Å²) in [6.45, 7) is 3.18. The minimum absolute atomic E-state index is 0.295. The minimum atomic E-state index is 0.295. The average Bonchev–Trinajstić information content (AvgIpc) is 2.86. The van der Waals surface area contributed by atoms with E-state index in [1.54, 1.807) is 6.07 Å². The van der Waals surface area contributed by atoms with E-state index in [0.29, 0.717) is 16.6 Å². The Morgan fingerprint density at radius 1 is 1.21 bits per heavy atom. The minimum Gasteiger partial charge on any atom is -0.378 e. The van der Waals surface area contributed by atoms with Crippen molar-refractivity contribution in [1.82, 2.24) is 5.16 Å². The molecule has 0 spiro atoms. The Balaban J connectivity index is 1.89. The van der Waals surface area contributed by atoms with Crippen LogP contribution in [0.15, 0.2) is 28.8 Å². The third-order valence-electron chi connectivity index (χ3n) is 3.12. The highest BCUT2D eigenvalue weighted by atomic mass is 35.5. The normalized spacial score (nSPS) is 15.7. The van der Waals surface area contributed by atoms with E-state index in [1.807, 2.05) is 18.2 Å². The Hall–Kier alpha value is -1.72. The maximum absolute atomic E-state index is 6.35. The lowest BCUT2D eigenvalue weighted by Crippen LogP contribution is -2.36. The zero-order chi connectivity index (χ0) is 13.2. The molecule has 3 rings (SSSR count). The van der Waals surface area contributed by atoms with Crippen LogP contribution >= 0.6 is 11.6 Å². The molecule has 0 unspecified atom stereocenters. The lowest BCUT2D eigenvalue weighted by molar-refractivity contribution is 0.122. The van der Waals surface area contributed by atoms with Gasteiger partial charge in [-0.05, 0) is 12.1 Å². The fourth-order valence-corrected chi connectivity index (χ4v) is 2.45. The van der Waals surface area contributed by atoms with E-state index in [-0.39, 0.29) is 0 Å². The highest BCUT2D eigenvalue weighted by Gasteiger charge is 2.15. The predicted molar refractivity (Wildman–Crippen MR) is 74.4 cm³/mol. The summed E-state index contributed by atoms with van der Waals surface area (Å²) in [6.07, 6.45) is 0. The number of halogens is 1. The average molecular weight is 280 g/mol. The molecule has 1 aromatic heterocycles. The fraction of sp³-hybridized carbons (Fsp3) is 0.308. The van der Waals surface area contributed by atoms with Crippen LogP contribution in [0.25, 0.3) is 11.3 Å². The Kier molecular flexibility index (Phi) is 3.31. The van der Waals surface area contributed by atoms with E-state index in [2.05, 4.69) is 10.1 Å². The van der Waals surface area contributed by atoms with Gasteiger partial charge < -0.3 is 19.9 Å². The van der Waals surface area contributed by atoms with Gasteiger partial charge in [-0.15, -0.1) is 0 Å². The number of aromatic nitrogens is 1. The van der Waals surface area contributed by atoms with Gasteiger partial charge in [-0.3, -0.25) is 0 Å². The number of morpholine rings is 1. The van der Waals surface area contributed by atoms with Crippen molar-refractivity contribution in [2.24, 2.45) is 0 Å².